The third-order valence-corrected chi connectivity index (χ3v) is 3.41. The Morgan fingerprint density at radius 1 is 1.14 bits per heavy atom. The molecule has 3 nitrogen and oxygen atoms in total. The second-order valence-electron chi connectivity index (χ2n) is 5.13. The quantitative estimate of drug-likeness (QED) is 0.881. The maximum Gasteiger partial charge on any atom is 0.255 e. The molecule has 0 bridgehead atoms. The van der Waals surface area contributed by atoms with E-state index in [2.05, 4.69) is 12.2 Å². The van der Waals surface area contributed by atoms with Crippen molar-refractivity contribution in [2.75, 3.05) is 5.32 Å². The third kappa shape index (κ3) is 4.09. The summed E-state index contributed by atoms with van der Waals surface area (Å²) in [7, 11) is 0. The van der Waals surface area contributed by atoms with Crippen molar-refractivity contribution in [3.63, 3.8) is 0 Å². The number of carbonyl (C=O) groups excluding carboxylic acids is 1. The van der Waals surface area contributed by atoms with E-state index in [9.17, 15) is 4.79 Å². The Hall–Kier alpha value is -2.29. The van der Waals surface area contributed by atoms with Crippen LogP contribution < -0.4 is 10.1 Å². The number of hydrogen-bond donors (Lipinski definition) is 1. The molecule has 0 heterocycles. The van der Waals surface area contributed by atoms with Crippen LogP contribution in [0.15, 0.2) is 48.5 Å². The molecule has 2 rings (SSSR count). The minimum atomic E-state index is -0.0938. The highest BCUT2D eigenvalue weighted by Crippen LogP contribution is 2.18. The summed E-state index contributed by atoms with van der Waals surface area (Å²) in [6.45, 7) is 6.05. The number of aryl methyl sites for hydroxylation is 1. The second-order valence-corrected chi connectivity index (χ2v) is 5.13. The smallest absolute Gasteiger partial charge is 0.255 e. The summed E-state index contributed by atoms with van der Waals surface area (Å²) < 4.78 is 5.71. The van der Waals surface area contributed by atoms with E-state index in [0.29, 0.717) is 5.56 Å². The molecule has 0 saturated carbocycles. The maximum atomic E-state index is 12.2. The molecule has 0 fully saturated rings. The van der Waals surface area contributed by atoms with Gasteiger partial charge in [-0.15, -0.1) is 0 Å². The Morgan fingerprint density at radius 2 is 1.81 bits per heavy atom. The SMILES string of the molecule is CCC(C)Oc1ccc(NC(=O)c2ccccc2C)cc1. The molecule has 1 N–H and O–H groups in total. The number of amides is 1. The molecule has 0 aliphatic heterocycles. The highest BCUT2D eigenvalue weighted by molar-refractivity contribution is 6.05. The first kappa shape index (κ1) is 15.1. The molecule has 1 atom stereocenters. The van der Waals surface area contributed by atoms with Crippen LogP contribution in [-0.2, 0) is 0 Å². The summed E-state index contributed by atoms with van der Waals surface area (Å²) in [6.07, 6.45) is 1.16. The first-order valence-corrected chi connectivity index (χ1v) is 7.24. The standard InChI is InChI=1S/C18H21NO2/c1-4-14(3)21-16-11-9-15(10-12-16)19-18(20)17-8-6-5-7-13(17)2/h5-12,14H,4H2,1-3H3,(H,19,20). The Balaban J connectivity index is 2.03. The second kappa shape index (κ2) is 6.93. The van der Waals surface area contributed by atoms with Crippen LogP contribution in [0.4, 0.5) is 5.69 Å². The van der Waals surface area contributed by atoms with Gasteiger partial charge >= 0.3 is 0 Å². The topological polar surface area (TPSA) is 38.3 Å². The zero-order valence-corrected chi connectivity index (χ0v) is 12.7. The molecule has 0 aliphatic rings. The normalized spacial score (nSPS) is 11.8. The lowest BCUT2D eigenvalue weighted by atomic mass is 10.1. The van der Waals surface area contributed by atoms with Gasteiger partial charge in [0, 0.05) is 11.3 Å². The summed E-state index contributed by atoms with van der Waals surface area (Å²) >= 11 is 0. The van der Waals surface area contributed by atoms with E-state index in [-0.39, 0.29) is 12.0 Å². The number of anilines is 1. The molecule has 0 radical (unpaired) electrons. The van der Waals surface area contributed by atoms with Gasteiger partial charge in [0.15, 0.2) is 0 Å². The van der Waals surface area contributed by atoms with Gasteiger partial charge < -0.3 is 10.1 Å². The molecule has 2 aromatic carbocycles. The van der Waals surface area contributed by atoms with Crippen LogP contribution in [0.3, 0.4) is 0 Å². The van der Waals surface area contributed by atoms with E-state index in [1.807, 2.05) is 62.4 Å². The average Bonchev–Trinajstić information content (AvgIpc) is 2.49. The number of carbonyl (C=O) groups is 1. The molecule has 21 heavy (non-hydrogen) atoms. The van der Waals surface area contributed by atoms with Crippen LogP contribution in [0.5, 0.6) is 5.75 Å². The fourth-order valence-electron chi connectivity index (χ4n) is 1.96. The molecule has 3 heteroatoms. The number of nitrogens with one attached hydrogen (secondary N) is 1. The van der Waals surface area contributed by atoms with Crippen molar-refractivity contribution in [2.45, 2.75) is 33.3 Å². The zero-order chi connectivity index (χ0) is 15.2. The predicted molar refractivity (Wildman–Crippen MR) is 86.0 cm³/mol. The van der Waals surface area contributed by atoms with Gasteiger partial charge in [-0.2, -0.15) is 0 Å². The lowest BCUT2D eigenvalue weighted by Gasteiger charge is -2.13. The summed E-state index contributed by atoms with van der Waals surface area (Å²) in [4.78, 5) is 12.2. The minimum Gasteiger partial charge on any atom is -0.491 e. The van der Waals surface area contributed by atoms with Gasteiger partial charge in [0.1, 0.15) is 5.75 Å². The monoisotopic (exact) mass is 283 g/mol. The molecule has 0 spiro atoms. The van der Waals surface area contributed by atoms with Crippen molar-refractivity contribution >= 4 is 11.6 Å². The maximum absolute atomic E-state index is 12.2. The third-order valence-electron chi connectivity index (χ3n) is 3.41. The summed E-state index contributed by atoms with van der Waals surface area (Å²) in [5.41, 5.74) is 2.42. The Labute approximate surface area is 126 Å². The number of benzene rings is 2. The summed E-state index contributed by atoms with van der Waals surface area (Å²) in [5, 5.41) is 2.90. The fourth-order valence-corrected chi connectivity index (χ4v) is 1.96. The molecule has 0 aromatic heterocycles. The van der Waals surface area contributed by atoms with E-state index < -0.39 is 0 Å². The number of rotatable bonds is 5. The highest BCUT2D eigenvalue weighted by atomic mass is 16.5. The van der Waals surface area contributed by atoms with Crippen LogP contribution in [-0.4, -0.2) is 12.0 Å². The van der Waals surface area contributed by atoms with Gasteiger partial charge in [-0.05, 0) is 56.2 Å². The van der Waals surface area contributed by atoms with Crippen LogP contribution in [0.2, 0.25) is 0 Å². The van der Waals surface area contributed by atoms with E-state index in [1.165, 1.54) is 0 Å². The van der Waals surface area contributed by atoms with Crippen molar-refractivity contribution in [2.24, 2.45) is 0 Å². The minimum absolute atomic E-state index is 0.0938. The van der Waals surface area contributed by atoms with Gasteiger partial charge in [-0.1, -0.05) is 25.1 Å². The molecule has 0 saturated heterocycles. The van der Waals surface area contributed by atoms with Crippen molar-refractivity contribution < 1.29 is 9.53 Å². The summed E-state index contributed by atoms with van der Waals surface area (Å²) in [6, 6.07) is 15.0. The molecule has 0 aliphatic carbocycles. The highest BCUT2D eigenvalue weighted by Gasteiger charge is 2.08. The van der Waals surface area contributed by atoms with E-state index >= 15 is 0 Å². The molecule has 1 amide bonds. The van der Waals surface area contributed by atoms with Crippen molar-refractivity contribution in [3.8, 4) is 5.75 Å². The van der Waals surface area contributed by atoms with E-state index in [0.717, 1.165) is 23.4 Å². The van der Waals surface area contributed by atoms with Crippen LogP contribution >= 0.6 is 0 Å². The molecular formula is C18H21NO2. The first-order chi connectivity index (χ1) is 10.1. The van der Waals surface area contributed by atoms with Gasteiger partial charge in [-0.3, -0.25) is 4.79 Å². The molecule has 110 valence electrons. The van der Waals surface area contributed by atoms with E-state index in [1.54, 1.807) is 0 Å². The number of ether oxygens (including phenoxy) is 1. The lowest BCUT2D eigenvalue weighted by molar-refractivity contribution is 0.102. The van der Waals surface area contributed by atoms with Crippen molar-refractivity contribution in [1.82, 2.24) is 0 Å². The number of hydrogen-bond acceptors (Lipinski definition) is 2. The van der Waals surface area contributed by atoms with Gasteiger partial charge in [0.25, 0.3) is 5.91 Å². The molecular weight excluding hydrogens is 262 g/mol. The van der Waals surface area contributed by atoms with Crippen LogP contribution in [0, 0.1) is 6.92 Å². The fraction of sp³-hybridized carbons (Fsp3) is 0.278. The van der Waals surface area contributed by atoms with Crippen LogP contribution in [0.25, 0.3) is 0 Å². The Bertz CT molecular complexity index is 605. The first-order valence-electron chi connectivity index (χ1n) is 7.24. The predicted octanol–water partition coefficient (Wildman–Crippen LogP) is 4.42. The lowest BCUT2D eigenvalue weighted by Crippen LogP contribution is -2.13. The van der Waals surface area contributed by atoms with E-state index in [4.69, 9.17) is 4.74 Å². The molecule has 1 unspecified atom stereocenters. The summed E-state index contributed by atoms with van der Waals surface area (Å²) in [5.74, 6) is 0.724. The molecule has 2 aromatic rings. The van der Waals surface area contributed by atoms with Gasteiger partial charge in [0.2, 0.25) is 0 Å². The van der Waals surface area contributed by atoms with Gasteiger partial charge in [-0.25, -0.2) is 0 Å². The van der Waals surface area contributed by atoms with Gasteiger partial charge in [0.05, 0.1) is 6.10 Å². The zero-order valence-electron chi connectivity index (χ0n) is 12.7. The largest absolute Gasteiger partial charge is 0.491 e. The van der Waals surface area contributed by atoms with Crippen LogP contribution in [0.1, 0.15) is 36.2 Å². The van der Waals surface area contributed by atoms with Crippen molar-refractivity contribution in [3.05, 3.63) is 59.7 Å². The van der Waals surface area contributed by atoms with Crippen molar-refractivity contribution in [1.29, 1.82) is 0 Å². The average molecular weight is 283 g/mol. The Kier molecular flexibility index (Phi) is 4.99. The Morgan fingerprint density at radius 3 is 2.43 bits per heavy atom.